The first-order chi connectivity index (χ1) is 11.5. The van der Waals surface area contributed by atoms with E-state index in [0.717, 1.165) is 11.3 Å². The summed E-state index contributed by atoms with van der Waals surface area (Å²) in [5, 5.41) is 12.1. The molecule has 0 aromatic heterocycles. The zero-order chi connectivity index (χ0) is 17.6. The van der Waals surface area contributed by atoms with Gasteiger partial charge >= 0.3 is 0 Å². The van der Waals surface area contributed by atoms with E-state index < -0.39 is 8.07 Å². The quantitative estimate of drug-likeness (QED) is 0.465. The molecule has 1 fully saturated rings. The van der Waals surface area contributed by atoms with Crippen molar-refractivity contribution in [2.24, 2.45) is 0 Å². The molecule has 1 aromatic rings. The molecule has 0 amide bonds. The summed E-state index contributed by atoms with van der Waals surface area (Å²) in [6, 6.07) is 5.60. The van der Waals surface area contributed by atoms with Crippen LogP contribution >= 0.6 is 0 Å². The van der Waals surface area contributed by atoms with E-state index in [1.807, 2.05) is 0 Å². The number of unbranched alkanes of at least 4 members (excludes halogenated alkanes) is 3. The van der Waals surface area contributed by atoms with Crippen LogP contribution in [0.3, 0.4) is 0 Å². The lowest BCUT2D eigenvalue weighted by molar-refractivity contribution is 0.371. The van der Waals surface area contributed by atoms with Gasteiger partial charge in [-0.25, -0.2) is 0 Å². The van der Waals surface area contributed by atoms with Gasteiger partial charge in [-0.15, -0.1) is 0 Å². The number of ether oxygens (including phenoxy) is 1. The molecule has 0 heterocycles. The van der Waals surface area contributed by atoms with E-state index in [2.05, 4.69) is 32.2 Å². The van der Waals surface area contributed by atoms with Crippen molar-refractivity contribution in [1.29, 1.82) is 0 Å². The van der Waals surface area contributed by atoms with Gasteiger partial charge in [-0.1, -0.05) is 76.2 Å². The molecule has 2 nitrogen and oxygen atoms in total. The van der Waals surface area contributed by atoms with E-state index in [1.54, 1.807) is 7.11 Å². The van der Waals surface area contributed by atoms with Gasteiger partial charge in [-0.2, -0.15) is 0 Å². The minimum Gasteiger partial charge on any atom is -0.508 e. The molecular weight excluding hydrogens is 312 g/mol. The van der Waals surface area contributed by atoms with Crippen LogP contribution in [-0.4, -0.2) is 20.3 Å². The van der Waals surface area contributed by atoms with Crippen LogP contribution in [0.4, 0.5) is 0 Å². The number of rotatable bonds is 8. The molecular formula is C21H36O2Si. The molecule has 24 heavy (non-hydrogen) atoms. The summed E-state index contributed by atoms with van der Waals surface area (Å²) in [7, 11) is 0.230. The maximum Gasteiger partial charge on any atom is 0.125 e. The maximum absolute atomic E-state index is 10.8. The Hall–Kier alpha value is -0.963. The second kappa shape index (κ2) is 8.94. The van der Waals surface area contributed by atoms with Crippen LogP contribution in [0, 0.1) is 0 Å². The van der Waals surface area contributed by atoms with Crippen molar-refractivity contribution < 1.29 is 9.84 Å². The molecule has 1 aliphatic rings. The third-order valence-corrected chi connectivity index (χ3v) is 9.25. The standard InChI is InChI=1S/C21H36O2Si/c1-5-6-7-11-14-24(3,4)18-15-19(22)21(20(16-18)23-2)17-12-9-8-10-13-17/h15-17,22H,5-14H2,1-4H3. The molecule has 0 saturated heterocycles. The Bertz CT molecular complexity index is 519. The smallest absolute Gasteiger partial charge is 0.125 e. The molecule has 1 aromatic carbocycles. The maximum atomic E-state index is 10.8. The molecule has 0 radical (unpaired) electrons. The monoisotopic (exact) mass is 348 g/mol. The van der Waals surface area contributed by atoms with Crippen molar-refractivity contribution in [2.45, 2.75) is 89.8 Å². The van der Waals surface area contributed by atoms with Gasteiger partial charge in [0.25, 0.3) is 0 Å². The normalized spacial score (nSPS) is 16.3. The SMILES string of the molecule is CCCCCC[Si](C)(C)c1cc(O)c(C2CCCCC2)c(OC)c1. The molecule has 1 saturated carbocycles. The Morgan fingerprint density at radius 2 is 1.79 bits per heavy atom. The number of hydrogen-bond acceptors (Lipinski definition) is 2. The van der Waals surface area contributed by atoms with Crippen LogP contribution in [0.2, 0.25) is 19.1 Å². The molecule has 0 spiro atoms. The van der Waals surface area contributed by atoms with Crippen LogP contribution in [0.25, 0.3) is 0 Å². The lowest BCUT2D eigenvalue weighted by atomic mass is 9.83. The summed E-state index contributed by atoms with van der Waals surface area (Å²) < 4.78 is 5.72. The molecule has 136 valence electrons. The van der Waals surface area contributed by atoms with Gasteiger partial charge in [0, 0.05) is 5.56 Å². The lowest BCUT2D eigenvalue weighted by Gasteiger charge is -2.28. The van der Waals surface area contributed by atoms with E-state index in [9.17, 15) is 5.11 Å². The summed E-state index contributed by atoms with van der Waals surface area (Å²) in [4.78, 5) is 0. The van der Waals surface area contributed by atoms with Gasteiger partial charge in [0.15, 0.2) is 0 Å². The van der Waals surface area contributed by atoms with Crippen LogP contribution in [0.5, 0.6) is 11.5 Å². The summed E-state index contributed by atoms with van der Waals surface area (Å²) in [6.45, 7) is 7.11. The van der Waals surface area contributed by atoms with E-state index in [0.29, 0.717) is 11.7 Å². The predicted molar refractivity (Wildman–Crippen MR) is 107 cm³/mol. The minimum atomic E-state index is -1.52. The van der Waals surface area contributed by atoms with Crippen molar-refractivity contribution in [1.82, 2.24) is 0 Å². The fourth-order valence-electron chi connectivity index (χ4n) is 4.11. The second-order valence-corrected chi connectivity index (χ2v) is 13.0. The topological polar surface area (TPSA) is 29.5 Å². The van der Waals surface area contributed by atoms with Crippen molar-refractivity contribution in [3.05, 3.63) is 17.7 Å². The fourth-order valence-corrected chi connectivity index (χ4v) is 6.58. The molecule has 2 rings (SSSR count). The first kappa shape index (κ1) is 19.4. The van der Waals surface area contributed by atoms with Crippen LogP contribution in [0.1, 0.15) is 76.2 Å². The van der Waals surface area contributed by atoms with Crippen LogP contribution in [0.15, 0.2) is 12.1 Å². The van der Waals surface area contributed by atoms with Crippen LogP contribution < -0.4 is 9.92 Å². The van der Waals surface area contributed by atoms with Crippen molar-refractivity contribution >= 4 is 13.3 Å². The first-order valence-electron chi connectivity index (χ1n) is 9.91. The highest BCUT2D eigenvalue weighted by Gasteiger charge is 2.28. The lowest BCUT2D eigenvalue weighted by Crippen LogP contribution is -2.41. The molecule has 0 atom stereocenters. The third-order valence-electron chi connectivity index (χ3n) is 5.79. The number of phenols is 1. The molecule has 1 N–H and O–H groups in total. The summed E-state index contributed by atoms with van der Waals surface area (Å²) in [5.74, 6) is 1.87. The fraction of sp³-hybridized carbons (Fsp3) is 0.714. The van der Waals surface area contributed by atoms with Crippen molar-refractivity contribution in [3.63, 3.8) is 0 Å². The van der Waals surface area contributed by atoms with Gasteiger partial charge in [0.2, 0.25) is 0 Å². The van der Waals surface area contributed by atoms with Crippen molar-refractivity contribution in [2.75, 3.05) is 7.11 Å². The molecule has 1 aliphatic carbocycles. The molecule has 0 bridgehead atoms. The van der Waals surface area contributed by atoms with Gasteiger partial charge in [-0.05, 0) is 30.9 Å². The second-order valence-electron chi connectivity index (χ2n) is 8.14. The van der Waals surface area contributed by atoms with E-state index in [1.165, 1.54) is 69.0 Å². The average molecular weight is 349 g/mol. The number of methoxy groups -OCH3 is 1. The van der Waals surface area contributed by atoms with Gasteiger partial charge < -0.3 is 9.84 Å². The van der Waals surface area contributed by atoms with E-state index in [-0.39, 0.29) is 0 Å². The Labute approximate surface area is 149 Å². The minimum absolute atomic E-state index is 0.470. The van der Waals surface area contributed by atoms with Gasteiger partial charge in [0.05, 0.1) is 15.2 Å². The number of benzene rings is 1. The predicted octanol–water partition coefficient (Wildman–Crippen LogP) is 5.94. The molecule has 0 unspecified atom stereocenters. The summed E-state index contributed by atoms with van der Waals surface area (Å²) in [5.41, 5.74) is 1.07. The zero-order valence-corrected chi connectivity index (χ0v) is 17.2. The third kappa shape index (κ3) is 4.78. The van der Waals surface area contributed by atoms with E-state index >= 15 is 0 Å². The Morgan fingerprint density at radius 3 is 2.42 bits per heavy atom. The Balaban J connectivity index is 2.21. The highest BCUT2D eigenvalue weighted by molar-refractivity contribution is 6.89. The Morgan fingerprint density at radius 1 is 1.08 bits per heavy atom. The number of hydrogen-bond donors (Lipinski definition) is 1. The van der Waals surface area contributed by atoms with Crippen LogP contribution in [-0.2, 0) is 0 Å². The first-order valence-corrected chi connectivity index (χ1v) is 13.1. The average Bonchev–Trinajstić information content (AvgIpc) is 2.58. The largest absolute Gasteiger partial charge is 0.508 e. The highest BCUT2D eigenvalue weighted by atomic mass is 28.3. The molecule has 0 aliphatic heterocycles. The number of phenolic OH excluding ortho intramolecular Hbond substituents is 1. The highest BCUT2D eigenvalue weighted by Crippen LogP contribution is 2.42. The summed E-state index contributed by atoms with van der Waals surface area (Å²) >= 11 is 0. The Kier molecular flexibility index (Phi) is 7.21. The van der Waals surface area contributed by atoms with E-state index in [4.69, 9.17) is 4.74 Å². The number of aromatic hydroxyl groups is 1. The van der Waals surface area contributed by atoms with Gasteiger partial charge in [0.1, 0.15) is 11.5 Å². The zero-order valence-electron chi connectivity index (χ0n) is 16.2. The van der Waals surface area contributed by atoms with Crippen molar-refractivity contribution in [3.8, 4) is 11.5 Å². The van der Waals surface area contributed by atoms with Gasteiger partial charge in [-0.3, -0.25) is 0 Å². The summed E-state index contributed by atoms with van der Waals surface area (Å²) in [6.07, 6.45) is 11.5. The molecule has 3 heteroatoms.